The Morgan fingerprint density at radius 2 is 1.80 bits per heavy atom. The molecule has 0 saturated heterocycles. The summed E-state index contributed by atoms with van der Waals surface area (Å²) in [6.45, 7) is 1.49. The van der Waals surface area contributed by atoms with Crippen LogP contribution in [0.25, 0.3) is 0 Å². The molecule has 0 atom stereocenters. The number of nitrogens with one attached hydrogen (secondary N) is 1. The number of halogens is 3. The van der Waals surface area contributed by atoms with Gasteiger partial charge < -0.3 is 9.84 Å². The van der Waals surface area contributed by atoms with Crippen LogP contribution in [-0.4, -0.2) is 25.9 Å². The molecular weight excluding hydrogens is 363 g/mol. The zero-order valence-corrected chi connectivity index (χ0v) is 13.5. The fourth-order valence-corrected chi connectivity index (χ4v) is 3.20. The average molecular weight is 375 g/mol. The SMILES string of the molecule is Cc1cccc(C(=O)O)c1NS(=O)(=O)c1cccc(OC(F)(F)F)c1. The lowest BCUT2D eigenvalue weighted by atomic mass is 10.1. The minimum atomic E-state index is -4.97. The van der Waals surface area contributed by atoms with Crippen molar-refractivity contribution in [3.63, 3.8) is 0 Å². The normalized spacial score (nSPS) is 11.8. The second kappa shape index (κ2) is 6.63. The Balaban J connectivity index is 2.42. The van der Waals surface area contributed by atoms with E-state index in [4.69, 9.17) is 5.11 Å². The second-order valence-corrected chi connectivity index (χ2v) is 6.61. The van der Waals surface area contributed by atoms with Gasteiger partial charge >= 0.3 is 12.3 Å². The van der Waals surface area contributed by atoms with Gasteiger partial charge in [-0.05, 0) is 30.7 Å². The summed E-state index contributed by atoms with van der Waals surface area (Å²) in [4.78, 5) is 10.7. The molecule has 2 aromatic carbocycles. The molecule has 6 nitrogen and oxygen atoms in total. The molecule has 0 aliphatic carbocycles. The number of aryl methyl sites for hydroxylation is 1. The van der Waals surface area contributed by atoms with Crippen molar-refractivity contribution in [1.82, 2.24) is 0 Å². The van der Waals surface area contributed by atoms with Gasteiger partial charge in [0, 0.05) is 6.07 Å². The molecule has 2 rings (SSSR count). The van der Waals surface area contributed by atoms with Gasteiger partial charge in [0.2, 0.25) is 0 Å². The summed E-state index contributed by atoms with van der Waals surface area (Å²) in [5.74, 6) is -2.06. The van der Waals surface area contributed by atoms with Gasteiger partial charge in [0.05, 0.1) is 16.1 Å². The Bertz CT molecular complexity index is 910. The summed E-state index contributed by atoms with van der Waals surface area (Å²) in [6, 6.07) is 7.91. The molecule has 0 fully saturated rings. The summed E-state index contributed by atoms with van der Waals surface area (Å²) >= 11 is 0. The zero-order valence-electron chi connectivity index (χ0n) is 12.7. The number of hydrogen-bond acceptors (Lipinski definition) is 4. The number of benzene rings is 2. The summed E-state index contributed by atoms with van der Waals surface area (Å²) in [7, 11) is -4.33. The highest BCUT2D eigenvalue weighted by molar-refractivity contribution is 7.92. The van der Waals surface area contributed by atoms with E-state index in [1.165, 1.54) is 25.1 Å². The van der Waals surface area contributed by atoms with E-state index in [9.17, 15) is 26.4 Å². The number of sulfonamides is 1. The minimum Gasteiger partial charge on any atom is -0.478 e. The number of para-hydroxylation sites is 1. The van der Waals surface area contributed by atoms with Crippen LogP contribution in [0.5, 0.6) is 5.75 Å². The molecule has 2 aromatic rings. The third-order valence-electron chi connectivity index (χ3n) is 3.09. The summed E-state index contributed by atoms with van der Waals surface area (Å²) in [6.07, 6.45) is -4.97. The van der Waals surface area contributed by atoms with Gasteiger partial charge in [0.25, 0.3) is 10.0 Å². The van der Waals surface area contributed by atoms with Crippen LogP contribution in [0.3, 0.4) is 0 Å². The molecule has 0 aliphatic heterocycles. The van der Waals surface area contributed by atoms with E-state index in [1.54, 1.807) is 0 Å². The molecule has 2 N–H and O–H groups in total. The first-order valence-corrected chi connectivity index (χ1v) is 8.19. The van der Waals surface area contributed by atoms with Crippen LogP contribution < -0.4 is 9.46 Å². The van der Waals surface area contributed by atoms with Gasteiger partial charge in [-0.2, -0.15) is 0 Å². The Hall–Kier alpha value is -2.75. The number of rotatable bonds is 5. The summed E-state index contributed by atoms with van der Waals surface area (Å²) in [5, 5.41) is 9.15. The van der Waals surface area contributed by atoms with E-state index in [0.29, 0.717) is 11.6 Å². The van der Waals surface area contributed by atoms with E-state index in [2.05, 4.69) is 9.46 Å². The molecule has 0 heterocycles. The maximum absolute atomic E-state index is 12.4. The highest BCUT2D eigenvalue weighted by atomic mass is 32.2. The number of carbonyl (C=O) groups is 1. The second-order valence-electron chi connectivity index (χ2n) is 4.93. The number of carboxylic acid groups (broad SMARTS) is 1. The first-order valence-electron chi connectivity index (χ1n) is 6.71. The molecule has 25 heavy (non-hydrogen) atoms. The van der Waals surface area contributed by atoms with Crippen molar-refractivity contribution >= 4 is 21.7 Å². The summed E-state index contributed by atoms with van der Waals surface area (Å²) in [5.41, 5.74) is -0.116. The van der Waals surface area contributed by atoms with Gasteiger partial charge in [-0.1, -0.05) is 18.2 Å². The third-order valence-corrected chi connectivity index (χ3v) is 4.44. The first-order chi connectivity index (χ1) is 11.5. The van der Waals surface area contributed by atoms with Crippen molar-refractivity contribution in [2.45, 2.75) is 18.2 Å². The molecule has 0 amide bonds. The van der Waals surface area contributed by atoms with Crippen LogP contribution in [0.2, 0.25) is 0 Å². The number of aromatic carboxylic acids is 1. The van der Waals surface area contributed by atoms with E-state index in [0.717, 1.165) is 18.2 Å². The molecule has 0 unspecified atom stereocenters. The molecule has 0 radical (unpaired) electrons. The van der Waals surface area contributed by atoms with E-state index in [1.807, 2.05) is 0 Å². The lowest BCUT2D eigenvalue weighted by molar-refractivity contribution is -0.274. The Labute approximate surface area is 140 Å². The third kappa shape index (κ3) is 4.63. The molecule has 134 valence electrons. The maximum atomic E-state index is 12.4. The molecular formula is C15H12F3NO5S. The topological polar surface area (TPSA) is 92.7 Å². The lowest BCUT2D eigenvalue weighted by Gasteiger charge is -2.14. The lowest BCUT2D eigenvalue weighted by Crippen LogP contribution is -2.19. The van der Waals surface area contributed by atoms with Crippen molar-refractivity contribution < 1.29 is 36.2 Å². The van der Waals surface area contributed by atoms with Crippen molar-refractivity contribution in [1.29, 1.82) is 0 Å². The molecule has 10 heteroatoms. The molecule has 0 saturated carbocycles. The molecule has 0 aliphatic rings. The van der Waals surface area contributed by atoms with Crippen molar-refractivity contribution in [3.8, 4) is 5.75 Å². The van der Waals surface area contributed by atoms with Gasteiger partial charge in [0.1, 0.15) is 5.75 Å². The van der Waals surface area contributed by atoms with Crippen LogP contribution >= 0.6 is 0 Å². The van der Waals surface area contributed by atoms with Crippen LogP contribution in [0.1, 0.15) is 15.9 Å². The first kappa shape index (κ1) is 18.6. The molecule has 0 bridgehead atoms. The number of anilines is 1. The van der Waals surface area contributed by atoms with E-state index < -0.39 is 33.0 Å². The van der Waals surface area contributed by atoms with Crippen molar-refractivity contribution in [2.75, 3.05) is 4.72 Å². The highest BCUT2D eigenvalue weighted by Crippen LogP contribution is 2.28. The number of hydrogen-bond donors (Lipinski definition) is 2. The van der Waals surface area contributed by atoms with Gasteiger partial charge in [-0.3, -0.25) is 4.72 Å². The highest BCUT2D eigenvalue weighted by Gasteiger charge is 2.31. The van der Waals surface area contributed by atoms with Crippen molar-refractivity contribution in [3.05, 3.63) is 53.6 Å². The minimum absolute atomic E-state index is 0.169. The van der Waals surface area contributed by atoms with Crippen LogP contribution in [-0.2, 0) is 10.0 Å². The Morgan fingerprint density at radius 1 is 1.16 bits per heavy atom. The average Bonchev–Trinajstić information content (AvgIpc) is 2.47. The van der Waals surface area contributed by atoms with E-state index >= 15 is 0 Å². The zero-order chi connectivity index (χ0) is 18.8. The van der Waals surface area contributed by atoms with Crippen molar-refractivity contribution in [2.24, 2.45) is 0 Å². The molecule has 0 spiro atoms. The molecule has 0 aromatic heterocycles. The van der Waals surface area contributed by atoms with Gasteiger partial charge in [0.15, 0.2) is 0 Å². The van der Waals surface area contributed by atoms with Crippen LogP contribution in [0.15, 0.2) is 47.4 Å². The Kier molecular flexibility index (Phi) is 4.93. The standard InChI is InChI=1S/C15H12F3NO5S/c1-9-4-2-7-12(14(20)21)13(9)19-25(22,23)11-6-3-5-10(8-11)24-15(16,17)18/h2-8,19H,1H3,(H,20,21). The van der Waals surface area contributed by atoms with Crippen LogP contribution in [0.4, 0.5) is 18.9 Å². The number of alkyl halides is 3. The fourth-order valence-electron chi connectivity index (χ4n) is 2.01. The Morgan fingerprint density at radius 3 is 2.40 bits per heavy atom. The van der Waals surface area contributed by atoms with Gasteiger partial charge in [-0.25, -0.2) is 13.2 Å². The number of ether oxygens (including phenoxy) is 1. The maximum Gasteiger partial charge on any atom is 0.573 e. The van der Waals surface area contributed by atoms with Crippen LogP contribution in [0, 0.1) is 6.92 Å². The predicted molar refractivity (Wildman–Crippen MR) is 82.1 cm³/mol. The number of carboxylic acids is 1. The predicted octanol–water partition coefficient (Wildman–Crippen LogP) is 3.39. The monoisotopic (exact) mass is 375 g/mol. The largest absolute Gasteiger partial charge is 0.573 e. The van der Waals surface area contributed by atoms with Gasteiger partial charge in [-0.15, -0.1) is 13.2 Å². The fraction of sp³-hybridized carbons (Fsp3) is 0.133. The van der Waals surface area contributed by atoms with E-state index in [-0.39, 0.29) is 11.3 Å². The summed E-state index contributed by atoms with van der Waals surface area (Å²) < 4.78 is 67.4. The quantitative estimate of drug-likeness (QED) is 0.836. The smallest absolute Gasteiger partial charge is 0.478 e.